The van der Waals surface area contributed by atoms with Crippen LogP contribution >= 0.6 is 11.6 Å². The molecule has 2 aromatic carbocycles. The van der Waals surface area contributed by atoms with E-state index in [2.05, 4.69) is 32.9 Å². The maximum absolute atomic E-state index is 13.8. The number of carbonyl (C=O) groups excluding carboxylic acids is 1. The Morgan fingerprint density at radius 3 is 2.23 bits per heavy atom. The predicted molar refractivity (Wildman–Crippen MR) is 134 cm³/mol. The summed E-state index contributed by atoms with van der Waals surface area (Å²) in [4.78, 5) is 13.8. The first kappa shape index (κ1) is 26.0. The molecule has 5 atom stereocenters. The smallest absolute Gasteiger partial charge is 0.373 e. The SMILES string of the molecule is C.CCc1cc(C)cc(CC)c1C1=C(C)[C@@H]2C3OC(CC3c3cc(C(F)(F)F)ccc3Cl)[C@@H]2C1=O. The summed E-state index contributed by atoms with van der Waals surface area (Å²) >= 11 is 6.39. The molecule has 0 N–H and O–H groups in total. The van der Waals surface area contributed by atoms with Crippen LogP contribution in [-0.2, 0) is 28.5 Å². The minimum Gasteiger partial charge on any atom is -0.373 e. The van der Waals surface area contributed by atoms with Crippen molar-refractivity contribution in [1.82, 2.24) is 0 Å². The number of carbonyl (C=O) groups is 1. The van der Waals surface area contributed by atoms with E-state index in [4.69, 9.17) is 16.3 Å². The van der Waals surface area contributed by atoms with Crippen LogP contribution in [0.1, 0.15) is 73.9 Å². The van der Waals surface area contributed by atoms with E-state index >= 15 is 0 Å². The number of hydrogen-bond donors (Lipinski definition) is 0. The van der Waals surface area contributed by atoms with Crippen molar-refractivity contribution in [3.8, 4) is 0 Å². The first-order chi connectivity index (χ1) is 16.1. The van der Waals surface area contributed by atoms with Gasteiger partial charge in [0.2, 0.25) is 0 Å². The molecule has 2 nitrogen and oxygen atoms in total. The number of allylic oxidation sites excluding steroid dienone is 1. The van der Waals surface area contributed by atoms with Crippen molar-refractivity contribution in [3.05, 3.63) is 74.3 Å². The molecule has 2 heterocycles. The minimum absolute atomic E-state index is 0. The van der Waals surface area contributed by atoms with Gasteiger partial charge in [0.05, 0.1) is 23.7 Å². The zero-order valence-corrected chi connectivity index (χ0v) is 20.5. The van der Waals surface area contributed by atoms with Crippen molar-refractivity contribution in [3.63, 3.8) is 0 Å². The van der Waals surface area contributed by atoms with Crippen molar-refractivity contribution in [2.75, 3.05) is 0 Å². The number of benzene rings is 2. The Morgan fingerprint density at radius 2 is 1.66 bits per heavy atom. The summed E-state index contributed by atoms with van der Waals surface area (Å²) in [5.41, 5.74) is 6.15. The van der Waals surface area contributed by atoms with Crippen molar-refractivity contribution in [2.45, 2.75) is 78.7 Å². The molecule has 2 aliphatic heterocycles. The highest BCUT2D eigenvalue weighted by atomic mass is 35.5. The molecule has 1 aliphatic carbocycles. The van der Waals surface area contributed by atoms with Gasteiger partial charge in [-0.15, -0.1) is 0 Å². The van der Waals surface area contributed by atoms with Crippen LogP contribution in [0.5, 0.6) is 0 Å². The Labute approximate surface area is 210 Å². The van der Waals surface area contributed by atoms with Gasteiger partial charge in [-0.1, -0.05) is 56.1 Å². The Morgan fingerprint density at radius 1 is 1.03 bits per heavy atom. The van der Waals surface area contributed by atoms with Gasteiger partial charge in [-0.05, 0) is 73.6 Å². The summed E-state index contributed by atoms with van der Waals surface area (Å²) in [6.07, 6.45) is -2.92. The van der Waals surface area contributed by atoms with E-state index in [1.165, 1.54) is 22.8 Å². The van der Waals surface area contributed by atoms with Crippen LogP contribution in [-0.4, -0.2) is 18.0 Å². The average molecular weight is 505 g/mol. The maximum Gasteiger partial charge on any atom is 0.416 e. The largest absolute Gasteiger partial charge is 0.416 e. The Balaban J connectivity index is 0.00000289. The van der Waals surface area contributed by atoms with E-state index in [9.17, 15) is 18.0 Å². The Kier molecular flexibility index (Phi) is 6.74. The monoisotopic (exact) mass is 504 g/mol. The third-order valence-electron chi connectivity index (χ3n) is 7.98. The lowest BCUT2D eigenvalue weighted by molar-refractivity contribution is -0.137. The number of fused-ring (bicyclic) bond motifs is 5. The zero-order valence-electron chi connectivity index (χ0n) is 19.7. The summed E-state index contributed by atoms with van der Waals surface area (Å²) < 4.78 is 46.4. The molecule has 0 spiro atoms. The molecule has 5 rings (SSSR count). The second-order valence-electron chi connectivity index (χ2n) is 9.85. The molecule has 0 saturated carbocycles. The standard InChI is InChI=1S/C28H28ClF3O2.CH4/c1-5-15-9-13(3)10-16(6-2)24(15)22-14(4)23-25(26(22)33)21-12-19(27(23)34-21)18-11-17(28(30,31)32)7-8-20(18)29;/h7-11,19,21,23,25,27H,5-6,12H2,1-4H3;1H4/t19?,21?,23-,25-,27?;/m0./s1. The van der Waals surface area contributed by atoms with Gasteiger partial charge in [0.1, 0.15) is 0 Å². The summed E-state index contributed by atoms with van der Waals surface area (Å²) in [5.74, 6) is -0.543. The molecule has 35 heavy (non-hydrogen) atoms. The van der Waals surface area contributed by atoms with Crippen LogP contribution in [0.2, 0.25) is 5.02 Å². The normalized spacial score (nSPS) is 27.4. The average Bonchev–Trinajstić information content (AvgIpc) is 3.44. The van der Waals surface area contributed by atoms with Gasteiger partial charge in [-0.25, -0.2) is 0 Å². The third kappa shape index (κ3) is 3.95. The van der Waals surface area contributed by atoms with Gasteiger partial charge in [0.25, 0.3) is 0 Å². The Hall–Kier alpha value is -2.11. The van der Waals surface area contributed by atoms with E-state index in [0.29, 0.717) is 17.0 Å². The fourth-order valence-electron chi connectivity index (χ4n) is 6.56. The highest BCUT2D eigenvalue weighted by molar-refractivity contribution is 6.31. The summed E-state index contributed by atoms with van der Waals surface area (Å²) in [6.45, 7) is 8.29. The number of alkyl halides is 3. The van der Waals surface area contributed by atoms with Crippen molar-refractivity contribution in [1.29, 1.82) is 0 Å². The molecular formula is C29H32ClF3O2. The summed E-state index contributed by atoms with van der Waals surface area (Å²) in [5, 5.41) is 0.317. The Bertz CT molecular complexity index is 1190. The molecule has 2 fully saturated rings. The van der Waals surface area contributed by atoms with Crippen molar-refractivity contribution >= 4 is 23.0 Å². The number of rotatable bonds is 4. The van der Waals surface area contributed by atoms with E-state index in [0.717, 1.165) is 41.7 Å². The third-order valence-corrected chi connectivity index (χ3v) is 8.32. The first-order valence-corrected chi connectivity index (χ1v) is 12.3. The number of aryl methyl sites for hydroxylation is 3. The molecule has 3 aliphatic rings. The fraction of sp³-hybridized carbons (Fsp3) is 0.483. The number of ether oxygens (including phenoxy) is 1. The molecule has 0 aromatic heterocycles. The lowest BCUT2D eigenvalue weighted by Gasteiger charge is -2.29. The lowest BCUT2D eigenvalue weighted by Crippen LogP contribution is -2.33. The van der Waals surface area contributed by atoms with Crippen LogP contribution in [0.3, 0.4) is 0 Å². The second-order valence-corrected chi connectivity index (χ2v) is 10.3. The highest BCUT2D eigenvalue weighted by Gasteiger charge is 2.61. The van der Waals surface area contributed by atoms with Crippen LogP contribution in [0, 0.1) is 18.8 Å². The minimum atomic E-state index is -4.44. The van der Waals surface area contributed by atoms with Gasteiger partial charge >= 0.3 is 6.18 Å². The van der Waals surface area contributed by atoms with Crippen LogP contribution in [0.15, 0.2) is 35.9 Å². The first-order valence-electron chi connectivity index (χ1n) is 12.0. The van der Waals surface area contributed by atoms with Crippen LogP contribution in [0.25, 0.3) is 5.57 Å². The molecule has 3 unspecified atom stereocenters. The zero-order chi connectivity index (χ0) is 24.5. The van der Waals surface area contributed by atoms with Gasteiger partial charge in [0, 0.05) is 22.4 Å². The topological polar surface area (TPSA) is 26.3 Å². The molecule has 2 bridgehead atoms. The lowest BCUT2D eigenvalue weighted by atomic mass is 9.71. The molecular weight excluding hydrogens is 473 g/mol. The number of hydrogen-bond acceptors (Lipinski definition) is 2. The van der Waals surface area contributed by atoms with Gasteiger partial charge < -0.3 is 4.74 Å². The van der Waals surface area contributed by atoms with E-state index in [-0.39, 0.29) is 43.2 Å². The molecule has 2 aromatic rings. The quantitative estimate of drug-likeness (QED) is 0.422. The number of ketones is 1. The summed E-state index contributed by atoms with van der Waals surface area (Å²) in [6, 6.07) is 7.82. The van der Waals surface area contributed by atoms with Gasteiger partial charge in [-0.3, -0.25) is 4.79 Å². The molecule has 0 radical (unpaired) electrons. The highest BCUT2D eigenvalue weighted by Crippen LogP contribution is 2.59. The van der Waals surface area contributed by atoms with Gasteiger partial charge in [-0.2, -0.15) is 13.2 Å². The van der Waals surface area contributed by atoms with E-state index < -0.39 is 11.7 Å². The van der Waals surface area contributed by atoms with E-state index in [1.807, 2.05) is 6.92 Å². The summed E-state index contributed by atoms with van der Waals surface area (Å²) in [7, 11) is 0. The second kappa shape index (κ2) is 9.08. The maximum atomic E-state index is 13.8. The molecule has 0 amide bonds. The molecule has 2 saturated heterocycles. The van der Waals surface area contributed by atoms with Crippen LogP contribution in [0.4, 0.5) is 13.2 Å². The van der Waals surface area contributed by atoms with Gasteiger partial charge in [0.15, 0.2) is 5.78 Å². The number of halogens is 4. The fourth-order valence-corrected chi connectivity index (χ4v) is 6.82. The predicted octanol–water partition coefficient (Wildman–Crippen LogP) is 7.97. The number of Topliss-reactive ketones (excluding diaryl/α,β-unsaturated/α-hetero) is 1. The van der Waals surface area contributed by atoms with Crippen LogP contribution < -0.4 is 0 Å². The van der Waals surface area contributed by atoms with E-state index in [1.54, 1.807) is 0 Å². The molecule has 188 valence electrons. The van der Waals surface area contributed by atoms with Crippen molar-refractivity contribution < 1.29 is 22.7 Å². The molecule has 6 heteroatoms. The van der Waals surface area contributed by atoms with Crippen molar-refractivity contribution in [2.24, 2.45) is 11.8 Å².